The Balaban J connectivity index is 2.57. The quantitative estimate of drug-likeness (QED) is 0.898. The Hall–Kier alpha value is -1.88. The maximum absolute atomic E-state index is 11.2. The summed E-state index contributed by atoms with van der Waals surface area (Å²) in [6.07, 6.45) is 0. The average molecular weight is 277 g/mol. The maximum Gasteiger partial charge on any atom is 0.355 e. The lowest BCUT2D eigenvalue weighted by molar-refractivity contribution is 0.0690. The van der Waals surface area contributed by atoms with Crippen molar-refractivity contribution in [3.8, 4) is 16.3 Å². The number of hydrogen-bond donors (Lipinski definition) is 2. The third-order valence-electron chi connectivity index (χ3n) is 2.82. The lowest BCUT2D eigenvalue weighted by Crippen LogP contribution is -2.01. The van der Waals surface area contributed by atoms with Crippen LogP contribution in [0.15, 0.2) is 18.2 Å². The third kappa shape index (κ3) is 2.61. The monoisotopic (exact) mass is 277 g/mol. The van der Waals surface area contributed by atoms with Gasteiger partial charge in [0.25, 0.3) is 0 Å². The van der Waals surface area contributed by atoms with Crippen LogP contribution in [-0.4, -0.2) is 21.2 Å². The van der Waals surface area contributed by atoms with E-state index in [1.807, 2.05) is 20.8 Å². The second kappa shape index (κ2) is 5.01. The maximum atomic E-state index is 11.2. The van der Waals surface area contributed by atoms with Crippen LogP contribution in [-0.2, 0) is 0 Å². The summed E-state index contributed by atoms with van der Waals surface area (Å²) in [5, 5.41) is 19.3. The van der Waals surface area contributed by atoms with Gasteiger partial charge in [-0.05, 0) is 36.6 Å². The van der Waals surface area contributed by atoms with Crippen LogP contribution in [0.5, 0.6) is 5.75 Å². The van der Waals surface area contributed by atoms with Gasteiger partial charge >= 0.3 is 5.97 Å². The van der Waals surface area contributed by atoms with Crippen LogP contribution in [0.1, 0.15) is 40.7 Å². The number of carbonyl (C=O) groups is 1. The summed E-state index contributed by atoms with van der Waals surface area (Å²) in [5.74, 6) is -0.683. The molecule has 1 heterocycles. The molecule has 2 rings (SSSR count). The number of aryl methyl sites for hydroxylation is 1. The van der Waals surface area contributed by atoms with E-state index in [0.717, 1.165) is 16.0 Å². The number of carboxylic acid groups (broad SMARTS) is 1. The van der Waals surface area contributed by atoms with Gasteiger partial charge in [-0.3, -0.25) is 0 Å². The molecule has 19 heavy (non-hydrogen) atoms. The second-order valence-electron chi connectivity index (χ2n) is 4.69. The number of aromatic hydroxyl groups is 1. The topological polar surface area (TPSA) is 70.4 Å². The van der Waals surface area contributed by atoms with Crippen LogP contribution < -0.4 is 0 Å². The molecule has 0 saturated heterocycles. The fourth-order valence-corrected chi connectivity index (χ4v) is 3.03. The summed E-state index contributed by atoms with van der Waals surface area (Å²) in [4.78, 5) is 16.2. The van der Waals surface area contributed by atoms with E-state index in [0.29, 0.717) is 5.01 Å². The summed E-state index contributed by atoms with van der Waals surface area (Å²) in [6, 6.07) is 4.99. The number of hydrogen-bond acceptors (Lipinski definition) is 4. The van der Waals surface area contributed by atoms with Crippen molar-refractivity contribution in [2.45, 2.75) is 26.7 Å². The van der Waals surface area contributed by atoms with E-state index < -0.39 is 5.97 Å². The lowest BCUT2D eigenvalue weighted by Gasteiger charge is -2.02. The number of phenolic OH excluding ortho intramolecular Hbond substituents is 1. The van der Waals surface area contributed by atoms with E-state index in [9.17, 15) is 15.0 Å². The minimum Gasteiger partial charge on any atom is -0.508 e. The predicted octanol–water partition coefficient (Wildman–Crippen LogP) is 3.65. The van der Waals surface area contributed by atoms with Gasteiger partial charge in [0, 0.05) is 10.4 Å². The molecule has 1 aromatic carbocycles. The van der Waals surface area contributed by atoms with Gasteiger partial charge in [-0.15, -0.1) is 11.3 Å². The van der Waals surface area contributed by atoms with Gasteiger partial charge in [0.2, 0.25) is 0 Å². The Kier molecular flexibility index (Phi) is 3.57. The summed E-state index contributed by atoms with van der Waals surface area (Å²) in [6.45, 7) is 5.77. The Morgan fingerprint density at radius 3 is 2.53 bits per heavy atom. The number of carboxylic acids is 1. The molecule has 2 N–H and O–H groups in total. The van der Waals surface area contributed by atoms with Gasteiger partial charge in [0.15, 0.2) is 5.69 Å². The molecule has 0 spiro atoms. The molecule has 5 heteroatoms. The zero-order valence-corrected chi connectivity index (χ0v) is 11.8. The first-order valence-corrected chi connectivity index (χ1v) is 6.75. The molecule has 0 bridgehead atoms. The van der Waals surface area contributed by atoms with Crippen LogP contribution in [0.2, 0.25) is 0 Å². The third-order valence-corrected chi connectivity index (χ3v) is 4.21. The fraction of sp³-hybridized carbons (Fsp3) is 0.286. The van der Waals surface area contributed by atoms with Crippen LogP contribution >= 0.6 is 11.3 Å². The molecule has 2 aromatic rings. The normalized spacial score (nSPS) is 10.9. The van der Waals surface area contributed by atoms with Crippen molar-refractivity contribution in [3.05, 3.63) is 34.3 Å². The standard InChI is InChI=1S/C14H15NO3S/c1-7(2)12-11(14(17)18)15-13(19-12)10-5-4-9(16)6-8(10)3/h4-7,16H,1-3H3,(H,17,18). The Morgan fingerprint density at radius 1 is 1.37 bits per heavy atom. The predicted molar refractivity (Wildman–Crippen MR) is 75.0 cm³/mol. The zero-order valence-electron chi connectivity index (χ0n) is 11.0. The van der Waals surface area contributed by atoms with Crippen molar-refractivity contribution in [1.82, 2.24) is 4.98 Å². The van der Waals surface area contributed by atoms with Gasteiger partial charge in [0.05, 0.1) is 0 Å². The van der Waals surface area contributed by atoms with Gasteiger partial charge in [0.1, 0.15) is 10.8 Å². The first kappa shape index (κ1) is 13.5. The van der Waals surface area contributed by atoms with E-state index in [1.165, 1.54) is 11.3 Å². The van der Waals surface area contributed by atoms with E-state index >= 15 is 0 Å². The highest BCUT2D eigenvalue weighted by atomic mass is 32.1. The molecule has 0 unspecified atom stereocenters. The number of rotatable bonds is 3. The van der Waals surface area contributed by atoms with Crippen LogP contribution in [0, 0.1) is 6.92 Å². The van der Waals surface area contributed by atoms with E-state index in [4.69, 9.17) is 0 Å². The Morgan fingerprint density at radius 2 is 2.05 bits per heavy atom. The van der Waals surface area contributed by atoms with Gasteiger partial charge < -0.3 is 10.2 Å². The summed E-state index contributed by atoms with van der Waals surface area (Å²) in [7, 11) is 0. The number of aromatic carboxylic acids is 1. The van der Waals surface area contributed by atoms with Crippen LogP contribution in [0.25, 0.3) is 10.6 Å². The lowest BCUT2D eigenvalue weighted by atomic mass is 10.1. The zero-order chi connectivity index (χ0) is 14.2. The fourth-order valence-electron chi connectivity index (χ4n) is 1.88. The molecule has 0 amide bonds. The molecule has 0 aliphatic rings. The molecule has 0 aliphatic heterocycles. The van der Waals surface area contributed by atoms with Gasteiger partial charge in [-0.1, -0.05) is 13.8 Å². The molecule has 0 saturated carbocycles. The largest absolute Gasteiger partial charge is 0.508 e. The Labute approximate surface area is 115 Å². The summed E-state index contributed by atoms with van der Waals surface area (Å²) in [5.41, 5.74) is 1.86. The van der Waals surface area contributed by atoms with Crippen molar-refractivity contribution in [3.63, 3.8) is 0 Å². The van der Waals surface area contributed by atoms with E-state index in [2.05, 4.69) is 4.98 Å². The molecule has 1 aromatic heterocycles. The highest BCUT2D eigenvalue weighted by Crippen LogP contribution is 2.35. The van der Waals surface area contributed by atoms with Crippen molar-refractivity contribution < 1.29 is 15.0 Å². The van der Waals surface area contributed by atoms with E-state index in [1.54, 1.807) is 18.2 Å². The minimum absolute atomic E-state index is 0.120. The highest BCUT2D eigenvalue weighted by Gasteiger charge is 2.20. The highest BCUT2D eigenvalue weighted by molar-refractivity contribution is 7.15. The van der Waals surface area contributed by atoms with Crippen molar-refractivity contribution in [2.75, 3.05) is 0 Å². The molecule has 100 valence electrons. The molecular weight excluding hydrogens is 262 g/mol. The molecule has 0 aliphatic carbocycles. The summed E-state index contributed by atoms with van der Waals surface area (Å²) >= 11 is 1.40. The molecule has 0 radical (unpaired) electrons. The van der Waals surface area contributed by atoms with Crippen LogP contribution in [0.4, 0.5) is 0 Å². The van der Waals surface area contributed by atoms with Gasteiger partial charge in [-0.2, -0.15) is 0 Å². The Bertz CT molecular complexity index is 632. The molecule has 0 atom stereocenters. The second-order valence-corrected chi connectivity index (χ2v) is 5.72. The first-order chi connectivity index (χ1) is 8.90. The van der Waals surface area contributed by atoms with Crippen LogP contribution in [0.3, 0.4) is 0 Å². The van der Waals surface area contributed by atoms with Crippen molar-refractivity contribution in [2.24, 2.45) is 0 Å². The summed E-state index contributed by atoms with van der Waals surface area (Å²) < 4.78 is 0. The van der Waals surface area contributed by atoms with Crippen molar-refractivity contribution >= 4 is 17.3 Å². The number of benzene rings is 1. The minimum atomic E-state index is -0.998. The number of thiazole rings is 1. The SMILES string of the molecule is Cc1cc(O)ccc1-c1nc(C(=O)O)c(C(C)C)s1. The average Bonchev–Trinajstić information content (AvgIpc) is 2.73. The molecular formula is C14H15NO3S. The number of phenols is 1. The van der Waals surface area contributed by atoms with Gasteiger partial charge in [-0.25, -0.2) is 9.78 Å². The smallest absolute Gasteiger partial charge is 0.355 e. The molecule has 0 fully saturated rings. The molecule has 4 nitrogen and oxygen atoms in total. The number of aromatic nitrogens is 1. The first-order valence-electron chi connectivity index (χ1n) is 5.94. The van der Waals surface area contributed by atoms with E-state index in [-0.39, 0.29) is 17.4 Å². The van der Waals surface area contributed by atoms with Crippen molar-refractivity contribution in [1.29, 1.82) is 0 Å². The number of nitrogens with zero attached hydrogens (tertiary/aromatic N) is 1.